The summed E-state index contributed by atoms with van der Waals surface area (Å²) in [4.78, 5) is 10.5. The lowest BCUT2D eigenvalue weighted by Gasteiger charge is -2.16. The molecular formula is C4H5Br3O3. The van der Waals surface area contributed by atoms with Crippen LogP contribution in [0.25, 0.3) is 0 Å². The number of alkyl halides is 3. The van der Waals surface area contributed by atoms with Gasteiger partial charge in [0.2, 0.25) is 3.42 Å². The van der Waals surface area contributed by atoms with Crippen LogP contribution in [0.5, 0.6) is 0 Å². The number of hydrogen-bond acceptors (Lipinski definition) is 3. The first kappa shape index (κ1) is 10.7. The third-order valence-electron chi connectivity index (χ3n) is 0.555. The minimum atomic E-state index is -0.868. The number of hydrogen-bond donors (Lipinski definition) is 0. The van der Waals surface area contributed by atoms with Crippen molar-refractivity contribution in [3.05, 3.63) is 0 Å². The van der Waals surface area contributed by atoms with Crippen molar-refractivity contribution in [1.82, 2.24) is 0 Å². The molecule has 60 valence electrons. The topological polar surface area (TPSA) is 35.5 Å². The summed E-state index contributed by atoms with van der Waals surface area (Å²) >= 11 is 9.24. The Bertz CT molecular complexity index is 125. The lowest BCUT2D eigenvalue weighted by molar-refractivity contribution is 0.0647. The molecule has 0 amide bonds. The van der Waals surface area contributed by atoms with E-state index in [2.05, 4.69) is 57.3 Å². The first-order valence-electron chi connectivity index (χ1n) is 2.22. The Morgan fingerprint density at radius 2 is 2.10 bits per heavy atom. The fourth-order valence-electron chi connectivity index (χ4n) is 0.191. The van der Waals surface area contributed by atoms with E-state index in [1.807, 2.05) is 0 Å². The molecule has 0 fully saturated rings. The lowest BCUT2D eigenvalue weighted by atomic mass is 10.9. The van der Waals surface area contributed by atoms with Gasteiger partial charge in [-0.15, -0.1) is 0 Å². The number of carbonyl (C=O) groups is 1. The molecule has 0 aromatic heterocycles. The van der Waals surface area contributed by atoms with Crippen LogP contribution >= 0.6 is 47.8 Å². The summed E-state index contributed by atoms with van der Waals surface area (Å²) < 4.78 is 8.04. The zero-order chi connectivity index (χ0) is 8.20. The van der Waals surface area contributed by atoms with Gasteiger partial charge < -0.3 is 9.47 Å². The second-order valence-corrected chi connectivity index (χ2v) is 5.51. The number of rotatable bonds is 2. The van der Waals surface area contributed by atoms with Crippen LogP contribution in [0.3, 0.4) is 0 Å². The largest absolute Gasteiger partial charge is 0.510 e. The van der Waals surface area contributed by atoms with Gasteiger partial charge in [0.05, 0.1) is 12.4 Å². The van der Waals surface area contributed by atoms with E-state index in [1.54, 1.807) is 0 Å². The lowest BCUT2D eigenvalue weighted by Crippen LogP contribution is -2.22. The van der Waals surface area contributed by atoms with Crippen LogP contribution in [0.4, 0.5) is 4.79 Å². The van der Waals surface area contributed by atoms with Gasteiger partial charge in [-0.25, -0.2) is 4.79 Å². The van der Waals surface area contributed by atoms with Crippen molar-refractivity contribution in [2.45, 2.75) is 3.42 Å². The molecule has 6 heteroatoms. The van der Waals surface area contributed by atoms with Crippen LogP contribution in [0, 0.1) is 0 Å². The second-order valence-electron chi connectivity index (χ2n) is 1.33. The molecule has 0 N–H and O–H groups in total. The average molecular weight is 341 g/mol. The van der Waals surface area contributed by atoms with E-state index in [0.29, 0.717) is 5.33 Å². The van der Waals surface area contributed by atoms with Gasteiger partial charge in [0.25, 0.3) is 0 Å². The second kappa shape index (κ2) is 4.56. The van der Waals surface area contributed by atoms with Crippen molar-refractivity contribution in [1.29, 1.82) is 0 Å². The first-order valence-corrected chi connectivity index (χ1v) is 4.93. The number of ether oxygens (including phenoxy) is 2. The summed E-state index contributed by atoms with van der Waals surface area (Å²) in [6, 6.07) is 0. The number of carbonyl (C=O) groups excluding carboxylic acids is 1. The molecule has 0 aromatic rings. The molecule has 3 nitrogen and oxygen atoms in total. The van der Waals surface area contributed by atoms with Gasteiger partial charge in [-0.1, -0.05) is 15.9 Å². The highest BCUT2D eigenvalue weighted by molar-refractivity contribution is 9.26. The number of halogens is 3. The molecule has 0 aliphatic rings. The highest BCUT2D eigenvalue weighted by atomic mass is 79.9. The molecule has 0 saturated heterocycles. The fourth-order valence-corrected chi connectivity index (χ4v) is 0.570. The molecule has 0 aromatic carbocycles. The molecule has 0 saturated carbocycles. The Morgan fingerprint density at radius 1 is 1.60 bits per heavy atom. The summed E-state index contributed by atoms with van der Waals surface area (Å²) in [5.74, 6) is 0. The van der Waals surface area contributed by atoms with Crippen molar-refractivity contribution in [2.24, 2.45) is 0 Å². The summed E-state index contributed by atoms with van der Waals surface area (Å²) in [6.07, 6.45) is -0.742. The smallest absolute Gasteiger partial charge is 0.438 e. The van der Waals surface area contributed by atoms with Crippen LogP contribution in [0.2, 0.25) is 0 Å². The molecule has 0 radical (unpaired) electrons. The van der Waals surface area contributed by atoms with Crippen LogP contribution in [-0.2, 0) is 9.47 Å². The molecule has 0 rings (SSSR count). The summed E-state index contributed by atoms with van der Waals surface area (Å²) in [6.45, 7) is 0. The molecule has 0 bridgehead atoms. The molecule has 0 aliphatic carbocycles. The minimum absolute atomic E-state index is 0.426. The van der Waals surface area contributed by atoms with Crippen molar-refractivity contribution in [3.63, 3.8) is 0 Å². The number of methoxy groups -OCH3 is 1. The van der Waals surface area contributed by atoms with Crippen molar-refractivity contribution in [3.8, 4) is 0 Å². The maximum Gasteiger partial charge on any atom is 0.510 e. The maximum atomic E-state index is 10.5. The van der Waals surface area contributed by atoms with E-state index in [-0.39, 0.29) is 0 Å². The summed E-state index contributed by atoms with van der Waals surface area (Å²) in [7, 11) is 1.24. The summed E-state index contributed by atoms with van der Waals surface area (Å²) in [5, 5.41) is 0.426. The molecule has 0 atom stereocenters. The van der Waals surface area contributed by atoms with Gasteiger partial charge in [-0.05, 0) is 31.9 Å². The van der Waals surface area contributed by atoms with E-state index < -0.39 is 9.57 Å². The standard InChI is InChI=1S/C4H5Br3O3/c1-9-3(8)10-4(6,7)2-5/h2H2,1H3. The van der Waals surface area contributed by atoms with Crippen LogP contribution in [-0.4, -0.2) is 22.0 Å². The van der Waals surface area contributed by atoms with E-state index in [1.165, 1.54) is 7.11 Å². The van der Waals surface area contributed by atoms with Crippen molar-refractivity contribution < 1.29 is 14.3 Å². The predicted molar refractivity (Wildman–Crippen MR) is 47.9 cm³/mol. The highest BCUT2D eigenvalue weighted by Crippen LogP contribution is 2.29. The average Bonchev–Trinajstić information content (AvgIpc) is 1.87. The van der Waals surface area contributed by atoms with Crippen molar-refractivity contribution in [2.75, 3.05) is 12.4 Å². The van der Waals surface area contributed by atoms with E-state index in [4.69, 9.17) is 0 Å². The first-order chi connectivity index (χ1) is 4.52. The zero-order valence-corrected chi connectivity index (χ0v) is 9.82. The fraction of sp³-hybridized carbons (Fsp3) is 0.750. The van der Waals surface area contributed by atoms with Gasteiger partial charge >= 0.3 is 6.16 Å². The van der Waals surface area contributed by atoms with Gasteiger partial charge in [0.15, 0.2) is 0 Å². The van der Waals surface area contributed by atoms with Gasteiger partial charge in [-0.2, -0.15) is 0 Å². The quantitative estimate of drug-likeness (QED) is 0.572. The maximum absolute atomic E-state index is 10.5. The Kier molecular flexibility index (Phi) is 4.88. The Balaban J connectivity index is 3.76. The van der Waals surface area contributed by atoms with Crippen LogP contribution in [0.15, 0.2) is 0 Å². The normalized spacial score (nSPS) is 10.8. The molecule has 0 heterocycles. The van der Waals surface area contributed by atoms with Gasteiger partial charge in [0, 0.05) is 0 Å². The van der Waals surface area contributed by atoms with Crippen LogP contribution in [0.1, 0.15) is 0 Å². The molecule has 10 heavy (non-hydrogen) atoms. The van der Waals surface area contributed by atoms with Gasteiger partial charge in [-0.3, -0.25) is 0 Å². The Labute approximate surface area is 83.8 Å². The molecular weight excluding hydrogens is 336 g/mol. The van der Waals surface area contributed by atoms with Crippen LogP contribution < -0.4 is 0 Å². The van der Waals surface area contributed by atoms with E-state index in [9.17, 15) is 4.79 Å². The highest BCUT2D eigenvalue weighted by Gasteiger charge is 2.26. The molecule has 0 aliphatic heterocycles. The third kappa shape index (κ3) is 4.51. The predicted octanol–water partition coefficient (Wildman–Crippen LogP) is 2.61. The summed E-state index contributed by atoms with van der Waals surface area (Å²) in [5.41, 5.74) is 0. The Hall–Kier alpha value is 0.710. The van der Waals surface area contributed by atoms with E-state index in [0.717, 1.165) is 0 Å². The molecule has 0 spiro atoms. The minimum Gasteiger partial charge on any atom is -0.438 e. The zero-order valence-electron chi connectivity index (χ0n) is 5.07. The monoisotopic (exact) mass is 338 g/mol. The third-order valence-corrected chi connectivity index (χ3v) is 3.73. The SMILES string of the molecule is COC(=O)OC(Br)(Br)CBr. The van der Waals surface area contributed by atoms with E-state index >= 15 is 0 Å². The molecule has 0 unspecified atom stereocenters. The van der Waals surface area contributed by atoms with Gasteiger partial charge in [0.1, 0.15) is 0 Å². The Morgan fingerprint density at radius 3 is 2.40 bits per heavy atom. The van der Waals surface area contributed by atoms with Crippen molar-refractivity contribution >= 4 is 53.9 Å².